The number of hydrogen-bond donors (Lipinski definition) is 1. The maximum absolute atomic E-state index is 12.3. The van der Waals surface area contributed by atoms with Crippen LogP contribution in [0.2, 0.25) is 0 Å². The summed E-state index contributed by atoms with van der Waals surface area (Å²) in [6.07, 6.45) is 7.10. The van der Waals surface area contributed by atoms with Gasteiger partial charge in [-0.15, -0.1) is 11.8 Å². The molecule has 1 amide bonds. The Hall–Kier alpha value is -1.00. The van der Waals surface area contributed by atoms with Crippen LogP contribution in [0.15, 0.2) is 29.2 Å². The molecule has 1 aromatic carbocycles. The first-order valence-corrected chi connectivity index (χ1v) is 9.02. The van der Waals surface area contributed by atoms with Crippen molar-refractivity contribution in [3.63, 3.8) is 0 Å². The minimum absolute atomic E-state index is 0.0915. The molecule has 0 aromatic heterocycles. The van der Waals surface area contributed by atoms with Crippen LogP contribution in [0.25, 0.3) is 0 Å². The van der Waals surface area contributed by atoms with E-state index in [-0.39, 0.29) is 5.91 Å². The van der Waals surface area contributed by atoms with Crippen LogP contribution in [-0.4, -0.2) is 35.7 Å². The van der Waals surface area contributed by atoms with Crippen LogP contribution in [0.1, 0.15) is 39.5 Å². The highest BCUT2D eigenvalue weighted by Gasteiger charge is 2.26. The van der Waals surface area contributed by atoms with Crippen LogP contribution in [-0.2, 0) is 4.79 Å². The molecular formula is C17H26N2OS. The Morgan fingerprint density at radius 3 is 2.71 bits per heavy atom. The molecule has 1 N–H and O–H groups in total. The molecule has 3 nitrogen and oxygen atoms in total. The highest BCUT2D eigenvalue weighted by atomic mass is 32.2. The Kier molecular flexibility index (Phi) is 6.12. The summed E-state index contributed by atoms with van der Waals surface area (Å²) in [5, 5.41) is 3.03. The number of nitrogens with one attached hydrogen (secondary N) is 1. The molecular weight excluding hydrogens is 280 g/mol. The monoisotopic (exact) mass is 306 g/mol. The number of carbonyl (C=O) groups excluding carboxylic acids is 1. The van der Waals surface area contributed by atoms with Crippen molar-refractivity contribution in [2.24, 2.45) is 0 Å². The Labute approximate surface area is 132 Å². The molecule has 0 heterocycles. The van der Waals surface area contributed by atoms with Crippen molar-refractivity contribution in [3.8, 4) is 0 Å². The summed E-state index contributed by atoms with van der Waals surface area (Å²) in [4.78, 5) is 15.8. The molecule has 0 saturated heterocycles. The SMILES string of the molecule is CSc1cccc(NC(=O)CN(C(C)C)C2CCCC2)c1. The number of carbonyl (C=O) groups is 1. The maximum Gasteiger partial charge on any atom is 0.238 e. The van der Waals surface area contributed by atoms with E-state index in [4.69, 9.17) is 0 Å². The fourth-order valence-electron chi connectivity index (χ4n) is 3.04. The zero-order chi connectivity index (χ0) is 15.2. The van der Waals surface area contributed by atoms with Crippen molar-refractivity contribution in [2.75, 3.05) is 18.1 Å². The number of hydrogen-bond acceptors (Lipinski definition) is 3. The molecule has 0 bridgehead atoms. The summed E-state index contributed by atoms with van der Waals surface area (Å²) in [6.45, 7) is 4.85. The Bertz CT molecular complexity index is 470. The summed E-state index contributed by atoms with van der Waals surface area (Å²) >= 11 is 1.69. The highest BCUT2D eigenvalue weighted by molar-refractivity contribution is 7.98. The van der Waals surface area contributed by atoms with E-state index in [1.54, 1.807) is 11.8 Å². The fraction of sp³-hybridized carbons (Fsp3) is 0.588. The van der Waals surface area contributed by atoms with E-state index < -0.39 is 0 Å². The largest absolute Gasteiger partial charge is 0.325 e. The van der Waals surface area contributed by atoms with Crippen molar-refractivity contribution < 1.29 is 4.79 Å². The molecule has 1 saturated carbocycles. The first kappa shape index (κ1) is 16.4. The summed E-state index contributed by atoms with van der Waals surface area (Å²) in [5.41, 5.74) is 0.891. The van der Waals surface area contributed by atoms with E-state index >= 15 is 0 Å². The smallest absolute Gasteiger partial charge is 0.238 e. The number of amides is 1. The van der Waals surface area contributed by atoms with Gasteiger partial charge in [-0.05, 0) is 51.1 Å². The van der Waals surface area contributed by atoms with E-state index in [0.717, 1.165) is 5.69 Å². The molecule has 0 aliphatic heterocycles. The summed E-state index contributed by atoms with van der Waals surface area (Å²) in [6, 6.07) is 9.01. The topological polar surface area (TPSA) is 32.3 Å². The van der Waals surface area contributed by atoms with Crippen molar-refractivity contribution in [3.05, 3.63) is 24.3 Å². The van der Waals surface area contributed by atoms with Crippen molar-refractivity contribution in [2.45, 2.75) is 56.5 Å². The second-order valence-electron chi connectivity index (χ2n) is 5.98. The summed E-state index contributed by atoms with van der Waals surface area (Å²) in [5.74, 6) is 0.0915. The van der Waals surface area contributed by atoms with Gasteiger partial charge < -0.3 is 5.32 Å². The third-order valence-electron chi connectivity index (χ3n) is 4.14. The molecule has 1 aromatic rings. The molecule has 2 rings (SSSR count). The van der Waals surface area contributed by atoms with E-state index in [1.165, 1.54) is 30.6 Å². The highest BCUT2D eigenvalue weighted by Crippen LogP contribution is 2.25. The van der Waals surface area contributed by atoms with Crippen LogP contribution >= 0.6 is 11.8 Å². The van der Waals surface area contributed by atoms with Crippen molar-refractivity contribution in [1.82, 2.24) is 4.90 Å². The minimum Gasteiger partial charge on any atom is -0.325 e. The van der Waals surface area contributed by atoms with Gasteiger partial charge in [-0.2, -0.15) is 0 Å². The minimum atomic E-state index is 0.0915. The standard InChI is InChI=1S/C17H26N2OS/c1-13(2)19(15-8-4-5-9-15)12-17(20)18-14-7-6-10-16(11-14)21-3/h6-7,10-11,13,15H,4-5,8-9,12H2,1-3H3,(H,18,20). The second kappa shape index (κ2) is 7.85. The lowest BCUT2D eigenvalue weighted by Gasteiger charge is -2.31. The third kappa shape index (κ3) is 4.75. The average Bonchev–Trinajstić information content (AvgIpc) is 2.98. The van der Waals surface area contributed by atoms with E-state index in [1.807, 2.05) is 24.5 Å². The van der Waals surface area contributed by atoms with E-state index in [0.29, 0.717) is 18.6 Å². The average molecular weight is 306 g/mol. The molecule has 0 atom stereocenters. The van der Waals surface area contributed by atoms with Crippen LogP contribution in [0, 0.1) is 0 Å². The molecule has 116 valence electrons. The first-order chi connectivity index (χ1) is 10.1. The van der Waals surface area contributed by atoms with Gasteiger partial charge in [0.15, 0.2) is 0 Å². The van der Waals surface area contributed by atoms with E-state index in [2.05, 4.69) is 30.1 Å². The predicted molar refractivity (Wildman–Crippen MR) is 91.0 cm³/mol. The normalized spacial score (nSPS) is 15.9. The number of rotatable bonds is 6. The van der Waals surface area contributed by atoms with Gasteiger partial charge in [0.05, 0.1) is 6.54 Å². The van der Waals surface area contributed by atoms with Crippen LogP contribution < -0.4 is 5.32 Å². The lowest BCUT2D eigenvalue weighted by Crippen LogP contribution is -2.43. The molecule has 1 aliphatic carbocycles. The number of thioether (sulfide) groups is 1. The molecule has 1 fully saturated rings. The lowest BCUT2D eigenvalue weighted by molar-refractivity contribution is -0.118. The molecule has 21 heavy (non-hydrogen) atoms. The summed E-state index contributed by atoms with van der Waals surface area (Å²) < 4.78 is 0. The first-order valence-electron chi connectivity index (χ1n) is 7.80. The van der Waals surface area contributed by atoms with Gasteiger partial charge in [0.2, 0.25) is 5.91 Å². The molecule has 0 radical (unpaired) electrons. The van der Waals surface area contributed by atoms with Gasteiger partial charge in [-0.1, -0.05) is 18.9 Å². The van der Waals surface area contributed by atoms with E-state index in [9.17, 15) is 4.79 Å². The van der Waals surface area contributed by atoms with Crippen molar-refractivity contribution >= 4 is 23.4 Å². The van der Waals surface area contributed by atoms with Crippen LogP contribution in [0.5, 0.6) is 0 Å². The zero-order valence-electron chi connectivity index (χ0n) is 13.3. The van der Waals surface area contributed by atoms with Gasteiger partial charge >= 0.3 is 0 Å². The number of nitrogens with zero attached hydrogens (tertiary/aromatic N) is 1. The van der Waals surface area contributed by atoms with Crippen LogP contribution in [0.3, 0.4) is 0 Å². The Morgan fingerprint density at radius 2 is 2.10 bits per heavy atom. The molecule has 1 aliphatic rings. The Balaban J connectivity index is 1.95. The molecule has 4 heteroatoms. The Morgan fingerprint density at radius 1 is 1.38 bits per heavy atom. The van der Waals surface area contributed by atoms with Gasteiger partial charge in [0, 0.05) is 22.7 Å². The molecule has 0 unspecified atom stereocenters. The van der Waals surface area contributed by atoms with Gasteiger partial charge in [-0.25, -0.2) is 0 Å². The second-order valence-corrected chi connectivity index (χ2v) is 6.86. The van der Waals surface area contributed by atoms with Crippen molar-refractivity contribution in [1.29, 1.82) is 0 Å². The van der Waals surface area contributed by atoms with Gasteiger partial charge in [-0.3, -0.25) is 9.69 Å². The molecule has 0 spiro atoms. The van der Waals surface area contributed by atoms with Crippen LogP contribution in [0.4, 0.5) is 5.69 Å². The number of anilines is 1. The van der Waals surface area contributed by atoms with Gasteiger partial charge in [0.25, 0.3) is 0 Å². The van der Waals surface area contributed by atoms with Gasteiger partial charge in [0.1, 0.15) is 0 Å². The predicted octanol–water partition coefficient (Wildman–Crippen LogP) is 4.00. The third-order valence-corrected chi connectivity index (χ3v) is 4.86. The quantitative estimate of drug-likeness (QED) is 0.806. The fourth-order valence-corrected chi connectivity index (χ4v) is 3.50. The lowest BCUT2D eigenvalue weighted by atomic mass is 10.1. The summed E-state index contributed by atoms with van der Waals surface area (Å²) in [7, 11) is 0. The maximum atomic E-state index is 12.3. The zero-order valence-corrected chi connectivity index (χ0v) is 14.1. The number of benzene rings is 1.